The summed E-state index contributed by atoms with van der Waals surface area (Å²) < 4.78 is 3.50. The number of anilines is 1. The fourth-order valence-corrected chi connectivity index (χ4v) is 4.59. The van der Waals surface area contributed by atoms with Crippen LogP contribution in [0.15, 0.2) is 17.2 Å². The van der Waals surface area contributed by atoms with Crippen LogP contribution >= 0.6 is 0 Å². The molecule has 0 spiro atoms. The van der Waals surface area contributed by atoms with Crippen molar-refractivity contribution in [2.75, 3.05) is 11.4 Å². The summed E-state index contributed by atoms with van der Waals surface area (Å²) in [6, 6.07) is 2.01. The van der Waals surface area contributed by atoms with E-state index in [0.717, 1.165) is 73.4 Å². The molecule has 2 aliphatic rings. The molecule has 1 aliphatic carbocycles. The molecule has 0 saturated carbocycles. The second-order valence-electron chi connectivity index (χ2n) is 7.95. The molecule has 8 nitrogen and oxygen atoms in total. The number of aromatic nitrogens is 6. The van der Waals surface area contributed by atoms with Gasteiger partial charge in [0.05, 0.1) is 18.3 Å². The first-order valence-corrected chi connectivity index (χ1v) is 10.2. The van der Waals surface area contributed by atoms with E-state index in [1.165, 1.54) is 0 Å². The zero-order chi connectivity index (χ0) is 19.3. The Morgan fingerprint density at radius 3 is 2.93 bits per heavy atom. The minimum atomic E-state index is 0.0148. The van der Waals surface area contributed by atoms with Crippen molar-refractivity contribution < 1.29 is 0 Å². The zero-order valence-corrected chi connectivity index (χ0v) is 16.4. The summed E-state index contributed by atoms with van der Waals surface area (Å²) >= 11 is 0. The van der Waals surface area contributed by atoms with Gasteiger partial charge in [0.1, 0.15) is 12.1 Å². The Bertz CT molecular complexity index is 1100. The van der Waals surface area contributed by atoms with E-state index in [1.54, 1.807) is 17.1 Å². The van der Waals surface area contributed by atoms with E-state index >= 15 is 0 Å². The van der Waals surface area contributed by atoms with Crippen LogP contribution in [-0.2, 0) is 19.4 Å². The molecule has 5 rings (SSSR count). The summed E-state index contributed by atoms with van der Waals surface area (Å²) in [5.41, 5.74) is 4.33. The van der Waals surface area contributed by atoms with Gasteiger partial charge in [0, 0.05) is 23.9 Å². The molecule has 1 aliphatic heterocycles. The van der Waals surface area contributed by atoms with Crippen LogP contribution in [0, 0.1) is 13.8 Å². The van der Waals surface area contributed by atoms with Crippen molar-refractivity contribution in [2.24, 2.45) is 0 Å². The summed E-state index contributed by atoms with van der Waals surface area (Å²) in [5.74, 6) is 1.65. The van der Waals surface area contributed by atoms with Crippen molar-refractivity contribution in [1.82, 2.24) is 29.4 Å². The third-order valence-corrected chi connectivity index (χ3v) is 6.18. The number of rotatable bonds is 3. The third kappa shape index (κ3) is 2.78. The molecule has 3 aromatic heterocycles. The number of aryl methyl sites for hydroxylation is 3. The molecule has 0 N–H and O–H groups in total. The van der Waals surface area contributed by atoms with Gasteiger partial charge < -0.3 is 4.90 Å². The van der Waals surface area contributed by atoms with Gasteiger partial charge in [0.15, 0.2) is 0 Å². The monoisotopic (exact) mass is 379 g/mol. The first-order valence-electron chi connectivity index (χ1n) is 10.2. The Morgan fingerprint density at radius 2 is 2.04 bits per heavy atom. The maximum absolute atomic E-state index is 12.7. The van der Waals surface area contributed by atoms with Crippen molar-refractivity contribution in [3.05, 3.63) is 45.3 Å². The lowest BCUT2D eigenvalue weighted by Gasteiger charge is -2.29. The number of nitrogens with zero attached hydrogens (tertiary/aromatic N) is 7. The van der Waals surface area contributed by atoms with Crippen molar-refractivity contribution in [2.45, 2.75) is 65.0 Å². The van der Waals surface area contributed by atoms with E-state index in [0.29, 0.717) is 12.3 Å². The quantitative estimate of drug-likeness (QED) is 0.691. The highest BCUT2D eigenvalue weighted by molar-refractivity contribution is 5.55. The lowest BCUT2D eigenvalue weighted by Crippen LogP contribution is -2.39. The second-order valence-corrected chi connectivity index (χ2v) is 7.95. The number of hydrogen-bond acceptors (Lipinski definition) is 6. The number of fused-ring (bicyclic) bond motifs is 2. The first kappa shape index (κ1) is 17.3. The summed E-state index contributed by atoms with van der Waals surface area (Å²) in [4.78, 5) is 23.8. The molecule has 28 heavy (non-hydrogen) atoms. The molecule has 146 valence electrons. The molecule has 0 radical (unpaired) electrons. The molecule has 8 heteroatoms. The average Bonchev–Trinajstić information content (AvgIpc) is 3.33. The predicted molar refractivity (Wildman–Crippen MR) is 106 cm³/mol. The molecule has 1 saturated heterocycles. The molecule has 3 aromatic rings. The summed E-state index contributed by atoms with van der Waals surface area (Å²) in [7, 11) is 0. The molecule has 0 bridgehead atoms. The highest BCUT2D eigenvalue weighted by Gasteiger charge is 2.30. The van der Waals surface area contributed by atoms with Crippen LogP contribution in [0.1, 0.15) is 48.2 Å². The van der Waals surface area contributed by atoms with E-state index in [4.69, 9.17) is 5.10 Å². The van der Waals surface area contributed by atoms with E-state index < -0.39 is 0 Å². The van der Waals surface area contributed by atoms with E-state index in [1.807, 2.05) is 11.4 Å². The fraction of sp³-hybridized carbons (Fsp3) is 0.550. The Balaban J connectivity index is 1.52. The van der Waals surface area contributed by atoms with Gasteiger partial charge in [-0.3, -0.25) is 4.79 Å². The van der Waals surface area contributed by atoms with E-state index in [2.05, 4.69) is 26.9 Å². The maximum atomic E-state index is 12.7. The molecule has 0 amide bonds. The van der Waals surface area contributed by atoms with Crippen LogP contribution < -0.4 is 10.5 Å². The topological polar surface area (TPSA) is 81.2 Å². The Morgan fingerprint density at radius 1 is 1.18 bits per heavy atom. The van der Waals surface area contributed by atoms with Crippen LogP contribution in [0.2, 0.25) is 0 Å². The molecule has 4 heterocycles. The Kier molecular flexibility index (Phi) is 4.14. The van der Waals surface area contributed by atoms with Gasteiger partial charge in [-0.15, -0.1) is 0 Å². The van der Waals surface area contributed by atoms with Crippen molar-refractivity contribution in [1.29, 1.82) is 0 Å². The SMILES string of the molecule is Cc1nc2ncnn2c(N2CCCC2Cn2nc3c(cc2=O)CCCC3)c1C. The van der Waals surface area contributed by atoms with Gasteiger partial charge in [-0.05, 0) is 57.9 Å². The predicted octanol–water partition coefficient (Wildman–Crippen LogP) is 1.85. The summed E-state index contributed by atoms with van der Waals surface area (Å²) in [5, 5.41) is 9.13. The lowest BCUT2D eigenvalue weighted by atomic mass is 9.97. The Labute approximate surface area is 163 Å². The van der Waals surface area contributed by atoms with Crippen LogP contribution in [0.3, 0.4) is 0 Å². The second kappa shape index (κ2) is 6.68. The average molecular weight is 379 g/mol. The highest BCUT2D eigenvalue weighted by Crippen LogP contribution is 2.30. The van der Waals surface area contributed by atoms with Gasteiger partial charge in [-0.1, -0.05) is 0 Å². The van der Waals surface area contributed by atoms with Gasteiger partial charge in [0.25, 0.3) is 11.3 Å². The molecule has 1 unspecified atom stereocenters. The third-order valence-electron chi connectivity index (χ3n) is 6.18. The van der Waals surface area contributed by atoms with Crippen LogP contribution in [-0.4, -0.2) is 41.9 Å². The molecular formula is C20H25N7O. The minimum absolute atomic E-state index is 0.0148. The molecular weight excluding hydrogens is 354 g/mol. The van der Waals surface area contributed by atoms with Crippen LogP contribution in [0.4, 0.5) is 5.82 Å². The Hall–Kier alpha value is -2.77. The smallest absolute Gasteiger partial charge is 0.267 e. The minimum Gasteiger partial charge on any atom is -0.351 e. The molecule has 1 fully saturated rings. The maximum Gasteiger partial charge on any atom is 0.267 e. The van der Waals surface area contributed by atoms with Crippen molar-refractivity contribution in [3.63, 3.8) is 0 Å². The van der Waals surface area contributed by atoms with E-state index in [-0.39, 0.29) is 11.6 Å². The van der Waals surface area contributed by atoms with Gasteiger partial charge in [-0.25, -0.2) is 9.67 Å². The van der Waals surface area contributed by atoms with Crippen LogP contribution in [0.25, 0.3) is 5.78 Å². The summed E-state index contributed by atoms with van der Waals surface area (Å²) in [6.45, 7) is 5.62. The van der Waals surface area contributed by atoms with E-state index in [9.17, 15) is 4.79 Å². The first-order chi connectivity index (χ1) is 13.6. The molecule has 1 atom stereocenters. The highest BCUT2D eigenvalue weighted by atomic mass is 16.1. The van der Waals surface area contributed by atoms with Gasteiger partial charge >= 0.3 is 0 Å². The molecule has 0 aromatic carbocycles. The number of hydrogen-bond donors (Lipinski definition) is 0. The fourth-order valence-electron chi connectivity index (χ4n) is 4.59. The standard InChI is InChI=1S/C20H25N7O/c1-13-14(2)23-20-21-12-22-27(20)19(13)25-9-5-7-16(25)11-26-18(28)10-15-6-3-4-8-17(15)24-26/h10,12,16H,3-9,11H2,1-2H3. The van der Waals surface area contributed by atoms with Gasteiger partial charge in [-0.2, -0.15) is 19.7 Å². The lowest BCUT2D eigenvalue weighted by molar-refractivity contribution is 0.470. The van der Waals surface area contributed by atoms with Crippen LogP contribution in [0.5, 0.6) is 0 Å². The zero-order valence-electron chi connectivity index (χ0n) is 16.4. The van der Waals surface area contributed by atoms with Gasteiger partial charge in [0.2, 0.25) is 0 Å². The van der Waals surface area contributed by atoms with Crippen molar-refractivity contribution >= 4 is 11.6 Å². The summed E-state index contributed by atoms with van der Waals surface area (Å²) in [6.07, 6.45) is 7.94. The largest absolute Gasteiger partial charge is 0.351 e. The normalized spacial score (nSPS) is 19.4. The van der Waals surface area contributed by atoms with Crippen molar-refractivity contribution in [3.8, 4) is 0 Å².